The van der Waals surface area contributed by atoms with E-state index in [2.05, 4.69) is 31.2 Å². The van der Waals surface area contributed by atoms with Gasteiger partial charge in [-0.3, -0.25) is 0 Å². The van der Waals surface area contributed by atoms with E-state index in [1.54, 1.807) is 0 Å². The summed E-state index contributed by atoms with van der Waals surface area (Å²) >= 11 is 0. The zero-order valence-corrected chi connectivity index (χ0v) is 7.42. The van der Waals surface area contributed by atoms with Gasteiger partial charge >= 0.3 is 0 Å². The van der Waals surface area contributed by atoms with E-state index in [0.717, 1.165) is 5.92 Å². The minimum atomic E-state index is 0.839. The second-order valence-electron chi connectivity index (χ2n) is 3.23. The molecule has 1 unspecified atom stereocenters. The van der Waals surface area contributed by atoms with Crippen LogP contribution in [0.2, 0.25) is 0 Å². The van der Waals surface area contributed by atoms with Crippen LogP contribution >= 0.6 is 0 Å². The zero-order chi connectivity index (χ0) is 7.94. The highest BCUT2D eigenvalue weighted by Gasteiger charge is 2.04. The lowest BCUT2D eigenvalue weighted by atomic mass is 9.93. The van der Waals surface area contributed by atoms with Crippen molar-refractivity contribution in [1.82, 2.24) is 0 Å². The van der Waals surface area contributed by atoms with Crippen LogP contribution < -0.4 is 0 Å². The highest BCUT2D eigenvalue weighted by atomic mass is 14.1. The van der Waals surface area contributed by atoms with E-state index in [1.165, 1.54) is 32.1 Å². The Bertz CT molecular complexity index is 142. The molecule has 1 rings (SSSR count). The highest BCUT2D eigenvalue weighted by Crippen LogP contribution is 2.20. The minimum absolute atomic E-state index is 0.839. The maximum absolute atomic E-state index is 2.38. The molecule has 0 radical (unpaired) electrons. The molecule has 62 valence electrons. The smallest absolute Gasteiger partial charge is 0.0199 e. The monoisotopic (exact) mass is 150 g/mol. The summed E-state index contributed by atoms with van der Waals surface area (Å²) in [5, 5.41) is 0. The Morgan fingerprint density at radius 1 is 1.45 bits per heavy atom. The third kappa shape index (κ3) is 3.41. The fourth-order valence-corrected chi connectivity index (χ4v) is 1.52. The molecule has 0 heteroatoms. The van der Waals surface area contributed by atoms with Crippen LogP contribution in [0.3, 0.4) is 0 Å². The van der Waals surface area contributed by atoms with E-state index in [1.807, 2.05) is 0 Å². The normalized spacial score (nSPS) is 24.6. The molecule has 0 aromatic heterocycles. The molecule has 1 aliphatic rings. The SMILES string of the molecule is CC/C=C/CC1C=CCCC1. The van der Waals surface area contributed by atoms with Crippen LogP contribution in [0.15, 0.2) is 24.3 Å². The summed E-state index contributed by atoms with van der Waals surface area (Å²) in [5.41, 5.74) is 0. The zero-order valence-electron chi connectivity index (χ0n) is 7.42. The second kappa shape index (κ2) is 5.17. The molecule has 0 spiro atoms. The van der Waals surface area contributed by atoms with Gasteiger partial charge in [0.05, 0.1) is 0 Å². The summed E-state index contributed by atoms with van der Waals surface area (Å²) in [5.74, 6) is 0.839. The Morgan fingerprint density at radius 3 is 3.00 bits per heavy atom. The van der Waals surface area contributed by atoms with Crippen molar-refractivity contribution >= 4 is 0 Å². The van der Waals surface area contributed by atoms with Crippen LogP contribution in [-0.2, 0) is 0 Å². The summed E-state index contributed by atoms with van der Waals surface area (Å²) in [7, 11) is 0. The van der Waals surface area contributed by atoms with Crippen molar-refractivity contribution in [3.63, 3.8) is 0 Å². The van der Waals surface area contributed by atoms with Gasteiger partial charge in [0.25, 0.3) is 0 Å². The second-order valence-corrected chi connectivity index (χ2v) is 3.23. The molecule has 0 amide bonds. The van der Waals surface area contributed by atoms with E-state index in [4.69, 9.17) is 0 Å². The molecule has 0 bridgehead atoms. The lowest BCUT2D eigenvalue weighted by Gasteiger charge is -2.13. The first-order valence-corrected chi connectivity index (χ1v) is 4.75. The highest BCUT2D eigenvalue weighted by molar-refractivity contribution is 4.96. The van der Waals surface area contributed by atoms with Gasteiger partial charge in [0.1, 0.15) is 0 Å². The summed E-state index contributed by atoms with van der Waals surface area (Å²) < 4.78 is 0. The number of hydrogen-bond donors (Lipinski definition) is 0. The topological polar surface area (TPSA) is 0 Å². The fraction of sp³-hybridized carbons (Fsp3) is 0.636. The fourth-order valence-electron chi connectivity index (χ4n) is 1.52. The standard InChI is InChI=1S/C11H18/c1-2-3-5-8-11-9-6-4-7-10-11/h3,5-6,9,11H,2,4,7-8,10H2,1H3/b5-3+. The van der Waals surface area contributed by atoms with Gasteiger partial charge in [-0.05, 0) is 38.0 Å². The molecule has 0 aliphatic heterocycles. The molecule has 0 N–H and O–H groups in total. The third-order valence-corrected chi connectivity index (χ3v) is 2.20. The predicted octanol–water partition coefficient (Wildman–Crippen LogP) is 3.70. The van der Waals surface area contributed by atoms with Crippen molar-refractivity contribution in [2.45, 2.75) is 39.0 Å². The lowest BCUT2D eigenvalue weighted by molar-refractivity contribution is 0.547. The molecule has 0 heterocycles. The van der Waals surface area contributed by atoms with E-state index in [0.29, 0.717) is 0 Å². The molecule has 11 heavy (non-hydrogen) atoms. The van der Waals surface area contributed by atoms with E-state index < -0.39 is 0 Å². The quantitative estimate of drug-likeness (QED) is 0.538. The van der Waals surface area contributed by atoms with Gasteiger partial charge in [-0.1, -0.05) is 31.2 Å². The number of rotatable bonds is 3. The maximum atomic E-state index is 2.38. The van der Waals surface area contributed by atoms with Crippen LogP contribution in [-0.4, -0.2) is 0 Å². The molecule has 0 nitrogen and oxygen atoms in total. The van der Waals surface area contributed by atoms with Crippen molar-refractivity contribution in [2.75, 3.05) is 0 Å². The van der Waals surface area contributed by atoms with Gasteiger partial charge in [-0.25, -0.2) is 0 Å². The summed E-state index contributed by atoms with van der Waals surface area (Å²) in [4.78, 5) is 0. The lowest BCUT2D eigenvalue weighted by Crippen LogP contribution is -1.98. The summed E-state index contributed by atoms with van der Waals surface area (Å²) in [6.45, 7) is 2.19. The summed E-state index contributed by atoms with van der Waals surface area (Å²) in [6, 6.07) is 0. The van der Waals surface area contributed by atoms with Crippen molar-refractivity contribution in [3.05, 3.63) is 24.3 Å². The Kier molecular flexibility index (Phi) is 4.03. The largest absolute Gasteiger partial charge is 0.0888 e. The molecular weight excluding hydrogens is 132 g/mol. The molecule has 0 saturated carbocycles. The van der Waals surface area contributed by atoms with Crippen LogP contribution in [0.4, 0.5) is 0 Å². The van der Waals surface area contributed by atoms with Crippen LogP contribution in [0.25, 0.3) is 0 Å². The number of hydrogen-bond acceptors (Lipinski definition) is 0. The number of allylic oxidation sites excluding steroid dienone is 4. The van der Waals surface area contributed by atoms with Crippen molar-refractivity contribution < 1.29 is 0 Å². The van der Waals surface area contributed by atoms with Gasteiger partial charge in [-0.2, -0.15) is 0 Å². The van der Waals surface area contributed by atoms with E-state index in [9.17, 15) is 0 Å². The molecule has 0 fully saturated rings. The minimum Gasteiger partial charge on any atom is -0.0888 e. The first-order valence-electron chi connectivity index (χ1n) is 4.75. The maximum Gasteiger partial charge on any atom is -0.0199 e. The van der Waals surface area contributed by atoms with Crippen LogP contribution in [0, 0.1) is 5.92 Å². The van der Waals surface area contributed by atoms with Gasteiger partial charge < -0.3 is 0 Å². The van der Waals surface area contributed by atoms with E-state index >= 15 is 0 Å². The molecule has 0 aromatic rings. The first-order chi connectivity index (χ1) is 5.43. The Balaban J connectivity index is 2.19. The predicted molar refractivity (Wildman–Crippen MR) is 50.5 cm³/mol. The molecule has 1 atom stereocenters. The van der Waals surface area contributed by atoms with Crippen LogP contribution in [0.5, 0.6) is 0 Å². The molecule has 1 aliphatic carbocycles. The Hall–Kier alpha value is -0.520. The molecule has 0 saturated heterocycles. The van der Waals surface area contributed by atoms with Gasteiger partial charge in [0.2, 0.25) is 0 Å². The first kappa shape index (κ1) is 8.58. The van der Waals surface area contributed by atoms with Crippen LogP contribution in [0.1, 0.15) is 39.0 Å². The Morgan fingerprint density at radius 2 is 2.36 bits per heavy atom. The molecular formula is C11H18. The van der Waals surface area contributed by atoms with Gasteiger partial charge in [0, 0.05) is 0 Å². The average molecular weight is 150 g/mol. The molecule has 0 aromatic carbocycles. The average Bonchev–Trinajstić information content (AvgIpc) is 2.07. The van der Waals surface area contributed by atoms with Crippen molar-refractivity contribution in [3.8, 4) is 0 Å². The van der Waals surface area contributed by atoms with Gasteiger partial charge in [-0.15, -0.1) is 0 Å². The van der Waals surface area contributed by atoms with E-state index in [-0.39, 0.29) is 0 Å². The van der Waals surface area contributed by atoms with Gasteiger partial charge in [0.15, 0.2) is 0 Å². The Labute approximate surface area is 70.0 Å². The third-order valence-electron chi connectivity index (χ3n) is 2.20. The summed E-state index contributed by atoms with van der Waals surface area (Å²) in [6.07, 6.45) is 15.8. The van der Waals surface area contributed by atoms with Crippen molar-refractivity contribution in [1.29, 1.82) is 0 Å². The van der Waals surface area contributed by atoms with Crippen molar-refractivity contribution in [2.24, 2.45) is 5.92 Å².